The van der Waals surface area contributed by atoms with Crippen molar-refractivity contribution < 1.29 is 18.9 Å². The number of benzene rings is 3. The van der Waals surface area contributed by atoms with Gasteiger partial charge in [-0.2, -0.15) is 0 Å². The second-order valence-electron chi connectivity index (χ2n) is 8.14. The van der Waals surface area contributed by atoms with Crippen LogP contribution >= 0.6 is 0 Å². The molecule has 3 aliphatic heterocycles. The molecule has 0 unspecified atom stereocenters. The minimum atomic E-state index is 0.530. The van der Waals surface area contributed by atoms with Crippen LogP contribution in [0, 0.1) is 0 Å². The topological polar surface area (TPSA) is 67.6 Å². The maximum atomic E-state index is 5.87. The Kier molecular flexibility index (Phi) is 4.95. The van der Waals surface area contributed by atoms with Crippen LogP contribution in [0.25, 0.3) is 33.4 Å². The van der Waals surface area contributed by atoms with Gasteiger partial charge in [0.15, 0.2) is 23.0 Å². The first-order chi connectivity index (χ1) is 16.7. The highest BCUT2D eigenvalue weighted by Crippen LogP contribution is 2.43. The zero-order valence-corrected chi connectivity index (χ0v) is 18.9. The summed E-state index contributed by atoms with van der Waals surface area (Å²) in [5.74, 6) is 2.80. The van der Waals surface area contributed by atoms with Crippen molar-refractivity contribution in [3.05, 3.63) is 72.4 Å². The number of aromatic nitrogens is 3. The molecular weight excluding hydrogens is 430 g/mol. The van der Waals surface area contributed by atoms with Crippen LogP contribution in [0.3, 0.4) is 0 Å². The fraction of sp³-hybridized carbons (Fsp3) is 0.185. The molecule has 7 nitrogen and oxygen atoms in total. The predicted molar refractivity (Wildman–Crippen MR) is 129 cm³/mol. The molecule has 0 aliphatic carbocycles. The highest BCUT2D eigenvalue weighted by Gasteiger charge is 2.24. The highest BCUT2D eigenvalue weighted by molar-refractivity contribution is 5.99. The summed E-state index contributed by atoms with van der Waals surface area (Å²) >= 11 is 0. The molecular formula is C27H23N3O4. The number of methoxy groups -OCH3 is 2. The molecule has 34 heavy (non-hydrogen) atoms. The molecule has 170 valence electrons. The van der Waals surface area contributed by atoms with Crippen molar-refractivity contribution >= 4 is 10.9 Å². The molecule has 3 aromatic carbocycles. The van der Waals surface area contributed by atoms with Crippen molar-refractivity contribution in [1.82, 2.24) is 14.8 Å². The first-order valence-corrected chi connectivity index (χ1v) is 11.1. The monoisotopic (exact) mass is 453 g/mol. The van der Waals surface area contributed by atoms with E-state index in [0.717, 1.165) is 44.9 Å². The first-order valence-electron chi connectivity index (χ1n) is 11.1. The summed E-state index contributed by atoms with van der Waals surface area (Å²) in [6.45, 7) is 1.77. The van der Waals surface area contributed by atoms with Gasteiger partial charge in [0.1, 0.15) is 24.6 Å². The minimum absolute atomic E-state index is 0.530. The average Bonchev–Trinajstić information content (AvgIpc) is 3.32. The van der Waals surface area contributed by atoms with Crippen molar-refractivity contribution in [3.63, 3.8) is 0 Å². The number of pyridine rings is 1. The van der Waals surface area contributed by atoms with Crippen molar-refractivity contribution in [2.45, 2.75) is 6.54 Å². The Morgan fingerprint density at radius 3 is 2.32 bits per heavy atom. The Morgan fingerprint density at radius 1 is 0.824 bits per heavy atom. The van der Waals surface area contributed by atoms with Gasteiger partial charge in [-0.3, -0.25) is 0 Å². The summed E-state index contributed by atoms with van der Waals surface area (Å²) in [6.07, 6.45) is 2.12. The van der Waals surface area contributed by atoms with Gasteiger partial charge in [-0.25, -0.2) is 0 Å². The standard InChI is InChI=1S/C27H23N3O4/c1-31-22-9-8-18(12-23(22)32-2)26-20-16-30(15-17-6-4-3-5-7-17)21-14-25-24(33-10-11-34-25)13-19(21)27(20)29-28-26/h3-9,12-14,16H,10-11,15H2,1-2H3. The average molecular weight is 453 g/mol. The fourth-order valence-corrected chi connectivity index (χ4v) is 4.48. The SMILES string of the molecule is COc1ccc(-c2nnc3c4cc5c(cc4n(Cc4ccccc4)cc2-3)OCCO5)cc1OC. The molecule has 0 amide bonds. The van der Waals surface area contributed by atoms with Crippen molar-refractivity contribution in [3.8, 4) is 45.5 Å². The van der Waals surface area contributed by atoms with Crippen LogP contribution < -0.4 is 18.9 Å². The van der Waals surface area contributed by atoms with E-state index in [1.54, 1.807) is 14.2 Å². The molecule has 0 atom stereocenters. The van der Waals surface area contributed by atoms with Crippen molar-refractivity contribution in [2.75, 3.05) is 27.4 Å². The van der Waals surface area contributed by atoms with Gasteiger partial charge in [-0.15, -0.1) is 10.2 Å². The molecule has 0 N–H and O–H groups in total. The molecule has 7 heteroatoms. The van der Waals surface area contributed by atoms with E-state index < -0.39 is 0 Å². The summed E-state index contributed by atoms with van der Waals surface area (Å²) in [6, 6.07) is 20.2. The number of ether oxygens (including phenoxy) is 4. The van der Waals surface area contributed by atoms with E-state index in [-0.39, 0.29) is 0 Å². The zero-order valence-electron chi connectivity index (χ0n) is 18.9. The normalized spacial score (nSPS) is 12.8. The van der Waals surface area contributed by atoms with E-state index >= 15 is 0 Å². The summed E-state index contributed by atoms with van der Waals surface area (Å²) in [7, 11) is 3.25. The molecule has 0 bridgehead atoms. The van der Waals surface area contributed by atoms with E-state index in [0.29, 0.717) is 31.3 Å². The number of hydrogen-bond acceptors (Lipinski definition) is 6. The Morgan fingerprint density at radius 2 is 1.56 bits per heavy atom. The van der Waals surface area contributed by atoms with Crippen LogP contribution in [0.15, 0.2) is 66.9 Å². The third-order valence-corrected chi connectivity index (χ3v) is 6.12. The molecule has 3 aromatic rings. The lowest BCUT2D eigenvalue weighted by molar-refractivity contribution is 0.172. The van der Waals surface area contributed by atoms with Gasteiger partial charge in [0, 0.05) is 35.3 Å². The number of nitrogens with zero attached hydrogens (tertiary/aromatic N) is 3. The minimum Gasteiger partial charge on any atom is -0.493 e. The lowest BCUT2D eigenvalue weighted by Gasteiger charge is -2.21. The van der Waals surface area contributed by atoms with Gasteiger partial charge in [-0.1, -0.05) is 30.3 Å². The maximum absolute atomic E-state index is 5.87. The van der Waals surface area contributed by atoms with E-state index in [1.807, 2.05) is 36.4 Å². The summed E-state index contributed by atoms with van der Waals surface area (Å²) in [5.41, 5.74) is 5.67. The molecule has 0 radical (unpaired) electrons. The quantitative estimate of drug-likeness (QED) is 0.371. The third-order valence-electron chi connectivity index (χ3n) is 6.12. The lowest BCUT2D eigenvalue weighted by atomic mass is 10.0. The Balaban J connectivity index is 1.57. The molecule has 0 aromatic heterocycles. The molecule has 3 aliphatic rings. The van der Waals surface area contributed by atoms with Crippen LogP contribution in [0.5, 0.6) is 23.0 Å². The lowest BCUT2D eigenvalue weighted by Crippen LogP contribution is -2.15. The highest BCUT2D eigenvalue weighted by atomic mass is 16.6. The van der Waals surface area contributed by atoms with Crippen molar-refractivity contribution in [1.29, 1.82) is 0 Å². The van der Waals surface area contributed by atoms with Gasteiger partial charge in [0.05, 0.1) is 19.7 Å². The Labute approximate surface area is 196 Å². The van der Waals surface area contributed by atoms with Gasteiger partial charge >= 0.3 is 0 Å². The van der Waals surface area contributed by atoms with Crippen LogP contribution in [0.4, 0.5) is 0 Å². The number of rotatable bonds is 5. The van der Waals surface area contributed by atoms with Crippen LogP contribution in [-0.2, 0) is 6.54 Å². The van der Waals surface area contributed by atoms with Gasteiger partial charge < -0.3 is 23.5 Å². The Bertz CT molecular complexity index is 1460. The number of fused-ring (bicyclic) bond motifs is 4. The second-order valence-corrected chi connectivity index (χ2v) is 8.14. The first kappa shape index (κ1) is 20.4. The van der Waals surface area contributed by atoms with Crippen LogP contribution in [0.2, 0.25) is 0 Å². The molecule has 6 rings (SSSR count). The van der Waals surface area contributed by atoms with E-state index in [2.05, 4.69) is 45.2 Å². The smallest absolute Gasteiger partial charge is 0.163 e. The van der Waals surface area contributed by atoms with E-state index in [4.69, 9.17) is 18.9 Å². The molecule has 0 saturated carbocycles. The van der Waals surface area contributed by atoms with Gasteiger partial charge in [0.2, 0.25) is 0 Å². The third kappa shape index (κ3) is 3.37. The summed E-state index contributed by atoms with van der Waals surface area (Å²) < 4.78 is 24.9. The molecule has 3 heterocycles. The summed E-state index contributed by atoms with van der Waals surface area (Å²) in [4.78, 5) is 0. The maximum Gasteiger partial charge on any atom is 0.163 e. The van der Waals surface area contributed by atoms with Crippen molar-refractivity contribution in [2.24, 2.45) is 0 Å². The van der Waals surface area contributed by atoms with Crippen LogP contribution in [0.1, 0.15) is 5.56 Å². The van der Waals surface area contributed by atoms with Crippen LogP contribution in [-0.4, -0.2) is 42.2 Å². The van der Waals surface area contributed by atoms with E-state index in [1.165, 1.54) is 5.56 Å². The largest absolute Gasteiger partial charge is 0.493 e. The van der Waals surface area contributed by atoms with Gasteiger partial charge in [0.25, 0.3) is 0 Å². The fourth-order valence-electron chi connectivity index (χ4n) is 4.48. The number of hydrogen-bond donors (Lipinski definition) is 0. The Hall–Kier alpha value is -4.26. The predicted octanol–water partition coefficient (Wildman–Crippen LogP) is 5.04. The van der Waals surface area contributed by atoms with E-state index in [9.17, 15) is 0 Å². The summed E-state index contributed by atoms with van der Waals surface area (Å²) in [5, 5.41) is 10.1. The van der Waals surface area contributed by atoms with Gasteiger partial charge in [-0.05, 0) is 29.8 Å². The molecule has 0 saturated heterocycles. The second kappa shape index (κ2) is 8.26. The molecule has 0 spiro atoms. The zero-order chi connectivity index (χ0) is 23.1. The molecule has 0 fully saturated rings.